The van der Waals surface area contributed by atoms with Crippen molar-refractivity contribution in [2.45, 2.75) is 36.9 Å². The lowest BCUT2D eigenvalue weighted by molar-refractivity contribution is -0.139. The van der Waals surface area contributed by atoms with Gasteiger partial charge in [0.1, 0.15) is 11.9 Å². The lowest BCUT2D eigenvalue weighted by atomic mass is 10.0. The number of anilines is 1. The van der Waals surface area contributed by atoms with Crippen molar-refractivity contribution >= 4 is 21.5 Å². The van der Waals surface area contributed by atoms with Crippen LogP contribution in [0.2, 0.25) is 0 Å². The third kappa shape index (κ3) is 3.72. The summed E-state index contributed by atoms with van der Waals surface area (Å²) in [6, 6.07) is 6.53. The van der Waals surface area contributed by atoms with E-state index in [0.717, 1.165) is 6.26 Å². The molecule has 2 heterocycles. The van der Waals surface area contributed by atoms with Crippen LogP contribution in [0.3, 0.4) is 0 Å². The van der Waals surface area contributed by atoms with E-state index in [2.05, 4.69) is 0 Å². The average Bonchev–Trinajstić information content (AvgIpc) is 2.92. The van der Waals surface area contributed by atoms with Gasteiger partial charge in [0.25, 0.3) is 0 Å². The zero-order chi connectivity index (χ0) is 20.6. The Kier molecular flexibility index (Phi) is 5.16. The second kappa shape index (κ2) is 7.27. The Bertz CT molecular complexity index is 980. The predicted molar refractivity (Wildman–Crippen MR) is 101 cm³/mol. The number of carboxylic acid groups (broad SMARTS) is 1. The van der Waals surface area contributed by atoms with Crippen LogP contribution in [0.4, 0.5) is 5.69 Å². The number of hydrogen-bond donors (Lipinski definition) is 3. The average molecular weight is 410 g/mol. The quantitative estimate of drug-likeness (QED) is 0.652. The molecule has 0 fully saturated rings. The maximum absolute atomic E-state index is 11.9. The summed E-state index contributed by atoms with van der Waals surface area (Å²) in [6.45, 7) is 2.34. The van der Waals surface area contributed by atoms with Gasteiger partial charge < -0.3 is 25.0 Å². The number of carbonyl (C=O) groups is 1. The third-order valence-corrected chi connectivity index (χ3v) is 5.91. The molecule has 0 amide bonds. The maximum atomic E-state index is 11.9. The van der Waals surface area contributed by atoms with Gasteiger partial charge in [-0.15, -0.1) is 0 Å². The first-order chi connectivity index (χ1) is 13.1. The van der Waals surface area contributed by atoms with Gasteiger partial charge in [-0.2, -0.15) is 0 Å². The van der Waals surface area contributed by atoms with Crippen LogP contribution < -0.4 is 9.64 Å². The van der Waals surface area contributed by atoms with Gasteiger partial charge in [0.2, 0.25) is 0 Å². The highest BCUT2D eigenvalue weighted by Crippen LogP contribution is 2.40. The van der Waals surface area contributed by atoms with Crippen molar-refractivity contribution in [2.75, 3.05) is 17.7 Å². The molecule has 2 aromatic rings. The monoisotopic (exact) mass is 410 g/mol. The largest absolute Gasteiger partial charge is 0.494 e. The highest BCUT2D eigenvalue weighted by Gasteiger charge is 2.38. The molecule has 3 N–H and O–H groups in total. The third-order valence-electron chi connectivity index (χ3n) is 4.80. The summed E-state index contributed by atoms with van der Waals surface area (Å²) in [5, 5.41) is 29.3. The van der Waals surface area contributed by atoms with Crippen molar-refractivity contribution in [3.8, 4) is 17.5 Å². The van der Waals surface area contributed by atoms with Crippen LogP contribution in [0.5, 0.6) is 17.5 Å². The second-order valence-electron chi connectivity index (χ2n) is 6.67. The van der Waals surface area contributed by atoms with Crippen molar-refractivity contribution in [1.29, 1.82) is 0 Å². The predicted octanol–water partition coefficient (Wildman–Crippen LogP) is 1.43. The number of aromatic nitrogens is 1. The molecule has 1 aromatic carbocycles. The number of rotatable bonds is 6. The Balaban J connectivity index is 2.08. The van der Waals surface area contributed by atoms with Crippen LogP contribution in [0.25, 0.3) is 0 Å². The molecular formula is C18H22N2O7S. The van der Waals surface area contributed by atoms with Crippen molar-refractivity contribution in [2.24, 2.45) is 0 Å². The fourth-order valence-corrected chi connectivity index (χ4v) is 4.11. The first-order valence-corrected chi connectivity index (χ1v) is 10.6. The summed E-state index contributed by atoms with van der Waals surface area (Å²) in [4.78, 5) is 13.3. The fourth-order valence-electron chi connectivity index (χ4n) is 3.46. The first kappa shape index (κ1) is 19.9. The minimum atomic E-state index is -3.44. The maximum Gasteiger partial charge on any atom is 0.307 e. The number of hydrogen-bond acceptors (Lipinski definition) is 7. The Morgan fingerprint density at radius 2 is 1.82 bits per heavy atom. The number of nitrogens with zero attached hydrogens (tertiary/aromatic N) is 2. The van der Waals surface area contributed by atoms with Gasteiger partial charge in [-0.05, 0) is 25.1 Å². The molecule has 3 rings (SSSR count). The molecule has 1 aromatic heterocycles. The van der Waals surface area contributed by atoms with E-state index in [-0.39, 0.29) is 29.6 Å². The van der Waals surface area contributed by atoms with Gasteiger partial charge >= 0.3 is 5.97 Å². The number of sulfone groups is 1. The molecule has 2 atom stereocenters. The van der Waals surface area contributed by atoms with Crippen LogP contribution in [0.15, 0.2) is 35.2 Å². The minimum absolute atomic E-state index is 0.0546. The molecule has 1 aliphatic heterocycles. The fraction of sp³-hybridized carbons (Fsp3) is 0.389. The van der Waals surface area contributed by atoms with Gasteiger partial charge in [-0.3, -0.25) is 9.36 Å². The minimum Gasteiger partial charge on any atom is -0.494 e. The second-order valence-corrected chi connectivity index (χ2v) is 8.69. The van der Waals surface area contributed by atoms with Crippen LogP contribution in [0, 0.1) is 0 Å². The van der Waals surface area contributed by atoms with Gasteiger partial charge in [0.05, 0.1) is 29.6 Å². The zero-order valence-corrected chi connectivity index (χ0v) is 16.3. The molecular weight excluding hydrogens is 388 g/mol. The van der Waals surface area contributed by atoms with Crippen LogP contribution in [-0.2, 0) is 21.2 Å². The summed E-state index contributed by atoms with van der Waals surface area (Å²) in [7, 11) is -3.44. The topological polar surface area (TPSA) is 129 Å². The Morgan fingerprint density at radius 3 is 2.36 bits per heavy atom. The smallest absolute Gasteiger partial charge is 0.307 e. The molecule has 0 spiro atoms. The summed E-state index contributed by atoms with van der Waals surface area (Å²) >= 11 is 0. The molecule has 0 bridgehead atoms. The first-order valence-electron chi connectivity index (χ1n) is 8.68. The molecule has 10 heteroatoms. The normalized spacial score (nSPS) is 19.1. The standard InChI is InChI=1S/C18H22N2O7S/c1-3-19-12-8-11(28(2,25)26)4-5-14(12)27-15(9-18(23)24)13(19)10-20-16(21)6-7-17(20)22/h4-8,13,15,21-22H,3,9-10H2,1-2H3,(H,23,24). The number of ether oxygens (including phenoxy) is 1. The molecule has 28 heavy (non-hydrogen) atoms. The summed E-state index contributed by atoms with van der Waals surface area (Å²) < 4.78 is 31.0. The number of aromatic hydroxyl groups is 2. The molecule has 0 aliphatic carbocycles. The van der Waals surface area contributed by atoms with Crippen LogP contribution in [0.1, 0.15) is 13.3 Å². The van der Waals surface area contributed by atoms with E-state index in [1.165, 1.54) is 34.9 Å². The van der Waals surface area contributed by atoms with Crippen molar-refractivity contribution in [1.82, 2.24) is 4.57 Å². The highest BCUT2D eigenvalue weighted by molar-refractivity contribution is 7.90. The van der Waals surface area contributed by atoms with Gasteiger partial charge in [0, 0.05) is 24.9 Å². The summed E-state index contributed by atoms with van der Waals surface area (Å²) in [5.41, 5.74) is 0.517. The summed E-state index contributed by atoms with van der Waals surface area (Å²) in [6.07, 6.45) is 0.0437. The lowest BCUT2D eigenvalue weighted by Crippen LogP contribution is -2.52. The molecule has 9 nitrogen and oxygen atoms in total. The van der Waals surface area contributed by atoms with E-state index in [0.29, 0.717) is 18.0 Å². The highest BCUT2D eigenvalue weighted by atomic mass is 32.2. The van der Waals surface area contributed by atoms with E-state index in [4.69, 9.17) is 4.74 Å². The van der Waals surface area contributed by atoms with E-state index in [9.17, 15) is 28.5 Å². The number of carboxylic acids is 1. The lowest BCUT2D eigenvalue weighted by Gasteiger charge is -2.43. The number of fused-ring (bicyclic) bond motifs is 1. The van der Waals surface area contributed by atoms with Crippen LogP contribution >= 0.6 is 0 Å². The van der Waals surface area contributed by atoms with Crippen molar-refractivity contribution < 1.29 is 33.3 Å². The Hall–Kier alpha value is -2.88. The van der Waals surface area contributed by atoms with Gasteiger partial charge in [-0.1, -0.05) is 0 Å². The number of likely N-dealkylation sites (N-methyl/N-ethyl adjacent to an activating group) is 1. The van der Waals surface area contributed by atoms with Gasteiger partial charge in [-0.25, -0.2) is 8.42 Å². The molecule has 1 aliphatic rings. The number of benzene rings is 1. The van der Waals surface area contributed by atoms with Gasteiger partial charge in [0.15, 0.2) is 21.6 Å². The Labute approximate surface area is 162 Å². The SMILES string of the molecule is CCN1c2cc(S(C)(=O)=O)ccc2OC(CC(=O)O)C1Cn1c(O)ccc1O. The molecule has 0 radical (unpaired) electrons. The van der Waals surface area contributed by atoms with Crippen molar-refractivity contribution in [3.63, 3.8) is 0 Å². The number of aliphatic carboxylic acids is 1. The van der Waals surface area contributed by atoms with E-state index < -0.39 is 28.0 Å². The summed E-state index contributed by atoms with van der Waals surface area (Å²) in [5.74, 6) is -1.00. The Morgan fingerprint density at radius 1 is 1.18 bits per heavy atom. The molecule has 152 valence electrons. The zero-order valence-electron chi connectivity index (χ0n) is 15.4. The van der Waals surface area contributed by atoms with Crippen LogP contribution in [-0.4, -0.2) is 59.2 Å². The molecule has 0 saturated heterocycles. The van der Waals surface area contributed by atoms with Crippen molar-refractivity contribution in [3.05, 3.63) is 30.3 Å². The van der Waals surface area contributed by atoms with E-state index >= 15 is 0 Å². The van der Waals surface area contributed by atoms with E-state index in [1.807, 2.05) is 11.8 Å². The van der Waals surface area contributed by atoms with E-state index in [1.54, 1.807) is 0 Å². The molecule has 2 unspecified atom stereocenters. The molecule has 0 saturated carbocycles.